The summed E-state index contributed by atoms with van der Waals surface area (Å²) in [6.07, 6.45) is 2.64. The minimum absolute atomic E-state index is 0.597. The van der Waals surface area contributed by atoms with Gasteiger partial charge in [-0.25, -0.2) is 0 Å². The summed E-state index contributed by atoms with van der Waals surface area (Å²) in [6, 6.07) is 9.61. The average molecular weight is 292 g/mol. The van der Waals surface area contributed by atoms with Crippen LogP contribution in [0.15, 0.2) is 35.0 Å². The van der Waals surface area contributed by atoms with Crippen LogP contribution < -0.4 is 4.90 Å². The molecule has 1 aromatic heterocycles. The van der Waals surface area contributed by atoms with Gasteiger partial charge >= 0.3 is 0 Å². The third-order valence-corrected chi connectivity index (χ3v) is 4.74. The molecular formula is C16H18ClNS. The lowest BCUT2D eigenvalue weighted by atomic mass is 10.1. The Kier molecular flexibility index (Phi) is 3.81. The van der Waals surface area contributed by atoms with Gasteiger partial charge in [-0.2, -0.15) is 11.3 Å². The van der Waals surface area contributed by atoms with Crippen LogP contribution in [0.4, 0.5) is 5.69 Å². The summed E-state index contributed by atoms with van der Waals surface area (Å²) in [7, 11) is 0. The fourth-order valence-corrected chi connectivity index (χ4v) is 3.37. The number of benzene rings is 1. The number of nitrogens with zero attached hydrogens (tertiary/aromatic N) is 1. The van der Waals surface area contributed by atoms with Crippen LogP contribution in [-0.4, -0.2) is 6.04 Å². The quantitative estimate of drug-likeness (QED) is 0.704. The molecule has 1 nitrogen and oxygen atoms in total. The van der Waals surface area contributed by atoms with Gasteiger partial charge in [0.25, 0.3) is 0 Å². The minimum atomic E-state index is 0.597. The number of thiophene rings is 1. The first-order chi connectivity index (χ1) is 9.28. The van der Waals surface area contributed by atoms with Gasteiger partial charge in [-0.1, -0.05) is 6.07 Å². The number of hydrogen-bond acceptors (Lipinski definition) is 2. The van der Waals surface area contributed by atoms with Crippen molar-refractivity contribution in [2.24, 2.45) is 0 Å². The molecule has 19 heavy (non-hydrogen) atoms. The standard InChI is InChI=1S/C16H18ClNS/c1-12-8-16(3-2-14(12)9-17)18(15-4-5-15)10-13-6-7-19-11-13/h2-3,6-8,11,15H,4-5,9-10H2,1H3. The molecule has 0 spiro atoms. The average Bonchev–Trinajstić information content (AvgIpc) is 3.13. The number of anilines is 1. The lowest BCUT2D eigenvalue weighted by Gasteiger charge is -2.25. The summed E-state index contributed by atoms with van der Waals surface area (Å²) in [6.45, 7) is 3.17. The van der Waals surface area contributed by atoms with Gasteiger partial charge < -0.3 is 4.90 Å². The molecular weight excluding hydrogens is 274 g/mol. The highest BCUT2D eigenvalue weighted by Crippen LogP contribution is 2.34. The smallest absolute Gasteiger partial charge is 0.0476 e. The first-order valence-electron chi connectivity index (χ1n) is 6.71. The molecule has 1 fully saturated rings. The zero-order chi connectivity index (χ0) is 13.2. The van der Waals surface area contributed by atoms with Gasteiger partial charge in [0.1, 0.15) is 0 Å². The van der Waals surface area contributed by atoms with Crippen LogP contribution in [0, 0.1) is 6.92 Å². The molecule has 0 saturated heterocycles. The maximum atomic E-state index is 5.94. The summed E-state index contributed by atoms with van der Waals surface area (Å²) in [5.74, 6) is 0.597. The van der Waals surface area contributed by atoms with Crippen molar-refractivity contribution < 1.29 is 0 Å². The van der Waals surface area contributed by atoms with E-state index in [0.29, 0.717) is 5.88 Å². The van der Waals surface area contributed by atoms with Crippen LogP contribution >= 0.6 is 22.9 Å². The molecule has 1 aliphatic rings. The van der Waals surface area contributed by atoms with Crippen LogP contribution in [0.2, 0.25) is 0 Å². The Morgan fingerprint density at radius 2 is 2.16 bits per heavy atom. The van der Waals surface area contributed by atoms with Gasteiger partial charge in [0.15, 0.2) is 0 Å². The normalized spacial score (nSPS) is 14.6. The Balaban J connectivity index is 1.85. The summed E-state index contributed by atoms with van der Waals surface area (Å²) in [5.41, 5.74) is 5.27. The molecule has 100 valence electrons. The van der Waals surface area contributed by atoms with Crippen molar-refractivity contribution in [1.82, 2.24) is 0 Å². The van der Waals surface area contributed by atoms with Gasteiger partial charge in [-0.15, -0.1) is 11.6 Å². The highest BCUT2D eigenvalue weighted by Gasteiger charge is 2.29. The van der Waals surface area contributed by atoms with E-state index in [0.717, 1.165) is 12.6 Å². The lowest BCUT2D eigenvalue weighted by Crippen LogP contribution is -2.24. The van der Waals surface area contributed by atoms with Gasteiger partial charge in [-0.05, 0) is 65.4 Å². The van der Waals surface area contributed by atoms with E-state index in [4.69, 9.17) is 11.6 Å². The number of hydrogen-bond donors (Lipinski definition) is 0. The molecule has 1 aromatic carbocycles. The molecule has 1 heterocycles. The van der Waals surface area contributed by atoms with Crippen LogP contribution in [0.1, 0.15) is 29.5 Å². The topological polar surface area (TPSA) is 3.24 Å². The second-order valence-corrected chi connectivity index (χ2v) is 6.28. The zero-order valence-corrected chi connectivity index (χ0v) is 12.7. The number of rotatable bonds is 5. The summed E-state index contributed by atoms with van der Waals surface area (Å²) < 4.78 is 0. The predicted octanol–water partition coefficient (Wildman–Crippen LogP) is 4.96. The van der Waals surface area contributed by atoms with Crippen LogP contribution in [-0.2, 0) is 12.4 Å². The van der Waals surface area contributed by atoms with Crippen LogP contribution in [0.5, 0.6) is 0 Å². The molecule has 3 rings (SSSR count). The minimum Gasteiger partial charge on any atom is -0.364 e. The molecule has 0 atom stereocenters. The predicted molar refractivity (Wildman–Crippen MR) is 84.3 cm³/mol. The third-order valence-electron chi connectivity index (χ3n) is 3.72. The van der Waals surface area contributed by atoms with E-state index < -0.39 is 0 Å². The number of halogens is 1. The Hall–Kier alpha value is -0.990. The Morgan fingerprint density at radius 3 is 2.74 bits per heavy atom. The maximum Gasteiger partial charge on any atom is 0.0476 e. The van der Waals surface area contributed by atoms with Crippen molar-refractivity contribution >= 4 is 28.6 Å². The molecule has 0 aliphatic heterocycles. The second kappa shape index (κ2) is 5.56. The van der Waals surface area contributed by atoms with E-state index in [2.05, 4.69) is 46.8 Å². The van der Waals surface area contributed by atoms with Crippen molar-refractivity contribution in [2.75, 3.05) is 4.90 Å². The largest absolute Gasteiger partial charge is 0.364 e. The van der Waals surface area contributed by atoms with E-state index in [1.807, 2.05) is 0 Å². The number of aryl methyl sites for hydroxylation is 1. The molecule has 0 amide bonds. The van der Waals surface area contributed by atoms with Gasteiger partial charge in [0.2, 0.25) is 0 Å². The molecule has 1 aliphatic carbocycles. The summed E-state index contributed by atoms with van der Waals surface area (Å²) >= 11 is 7.72. The van der Waals surface area contributed by atoms with E-state index in [-0.39, 0.29) is 0 Å². The van der Waals surface area contributed by atoms with Gasteiger partial charge in [0, 0.05) is 24.2 Å². The first-order valence-corrected chi connectivity index (χ1v) is 8.19. The van der Waals surface area contributed by atoms with Crippen molar-refractivity contribution in [3.05, 3.63) is 51.7 Å². The number of alkyl halides is 1. The maximum absolute atomic E-state index is 5.94. The van der Waals surface area contributed by atoms with Crippen molar-refractivity contribution in [3.8, 4) is 0 Å². The Labute approximate surface area is 123 Å². The lowest BCUT2D eigenvalue weighted by molar-refractivity contribution is 0.796. The van der Waals surface area contributed by atoms with Gasteiger partial charge in [0.05, 0.1) is 0 Å². The highest BCUT2D eigenvalue weighted by molar-refractivity contribution is 7.07. The molecule has 0 radical (unpaired) electrons. The van der Waals surface area contributed by atoms with E-state index >= 15 is 0 Å². The summed E-state index contributed by atoms with van der Waals surface area (Å²) in [5, 5.41) is 4.40. The van der Waals surface area contributed by atoms with Crippen molar-refractivity contribution in [2.45, 2.75) is 38.2 Å². The van der Waals surface area contributed by atoms with Crippen LogP contribution in [0.3, 0.4) is 0 Å². The molecule has 1 saturated carbocycles. The first kappa shape index (κ1) is 13.0. The molecule has 3 heteroatoms. The van der Waals surface area contributed by atoms with E-state index in [9.17, 15) is 0 Å². The molecule has 2 aromatic rings. The Bertz CT molecular complexity index is 546. The van der Waals surface area contributed by atoms with Crippen molar-refractivity contribution in [3.63, 3.8) is 0 Å². The van der Waals surface area contributed by atoms with Gasteiger partial charge in [-0.3, -0.25) is 0 Å². The molecule has 0 bridgehead atoms. The Morgan fingerprint density at radius 1 is 1.32 bits per heavy atom. The fraction of sp³-hybridized carbons (Fsp3) is 0.375. The fourth-order valence-electron chi connectivity index (χ4n) is 2.41. The van der Waals surface area contributed by atoms with E-state index in [1.54, 1.807) is 11.3 Å². The third kappa shape index (κ3) is 2.96. The second-order valence-electron chi connectivity index (χ2n) is 5.24. The SMILES string of the molecule is Cc1cc(N(Cc2ccsc2)C2CC2)ccc1CCl. The molecule has 0 unspecified atom stereocenters. The highest BCUT2D eigenvalue weighted by atomic mass is 35.5. The monoisotopic (exact) mass is 291 g/mol. The zero-order valence-electron chi connectivity index (χ0n) is 11.1. The van der Waals surface area contributed by atoms with E-state index in [1.165, 1.54) is 35.2 Å². The molecule has 0 N–H and O–H groups in total. The van der Waals surface area contributed by atoms with Crippen molar-refractivity contribution in [1.29, 1.82) is 0 Å². The summed E-state index contributed by atoms with van der Waals surface area (Å²) in [4.78, 5) is 2.53. The van der Waals surface area contributed by atoms with Crippen LogP contribution in [0.25, 0.3) is 0 Å².